The molecule has 50 valence electrons. The quantitative estimate of drug-likeness (QED) is 0.351. The smallest absolute Gasteiger partial charge is 0.0637 e. The second kappa shape index (κ2) is 4.99. The molecule has 0 aromatic rings. The first-order chi connectivity index (χ1) is 3.77. The van der Waals surface area contributed by atoms with Crippen LogP contribution in [-0.4, -0.2) is 35.3 Å². The van der Waals surface area contributed by atoms with Crippen LogP contribution in [0.5, 0.6) is 0 Å². The van der Waals surface area contributed by atoms with Crippen molar-refractivity contribution in [3.8, 4) is 0 Å². The maximum absolute atomic E-state index is 8.13. The molecule has 0 saturated heterocycles. The van der Waals surface area contributed by atoms with E-state index >= 15 is 0 Å². The van der Waals surface area contributed by atoms with Crippen LogP contribution in [0.3, 0.4) is 0 Å². The molecule has 0 rings (SSSR count). The lowest BCUT2D eigenvalue weighted by atomic mass is 10.6. The fourth-order valence-corrected chi connectivity index (χ4v) is 0.356. The van der Waals surface area contributed by atoms with Crippen LogP contribution in [0.1, 0.15) is 6.92 Å². The van der Waals surface area contributed by atoms with Gasteiger partial charge >= 0.3 is 0 Å². The van der Waals surface area contributed by atoms with Gasteiger partial charge in [-0.1, -0.05) is 12.2 Å². The SMILES string of the molecule is CCNCCN(O)O. The molecule has 4 heteroatoms. The molecular formula is C4H12N2O2. The molecule has 3 N–H and O–H groups in total. The zero-order chi connectivity index (χ0) is 6.41. The van der Waals surface area contributed by atoms with Gasteiger partial charge in [-0.2, -0.15) is 0 Å². The third-order valence-electron chi connectivity index (χ3n) is 0.739. The van der Waals surface area contributed by atoms with E-state index in [1.165, 1.54) is 0 Å². The Morgan fingerprint density at radius 2 is 2.12 bits per heavy atom. The van der Waals surface area contributed by atoms with Gasteiger partial charge in [0.05, 0.1) is 6.54 Å². The van der Waals surface area contributed by atoms with E-state index in [1.807, 2.05) is 6.92 Å². The zero-order valence-electron chi connectivity index (χ0n) is 4.96. The lowest BCUT2D eigenvalue weighted by Crippen LogP contribution is -2.26. The number of likely N-dealkylation sites (N-methyl/N-ethyl adjacent to an activating group) is 1. The Morgan fingerprint density at radius 1 is 1.50 bits per heavy atom. The minimum atomic E-state index is 0.169. The number of nitrogens with one attached hydrogen (secondary N) is 1. The van der Waals surface area contributed by atoms with Crippen LogP contribution in [0.2, 0.25) is 0 Å². The highest BCUT2D eigenvalue weighted by molar-refractivity contribution is 4.39. The number of hydrogen-bond donors (Lipinski definition) is 3. The molecule has 8 heavy (non-hydrogen) atoms. The van der Waals surface area contributed by atoms with E-state index in [2.05, 4.69) is 5.32 Å². The van der Waals surface area contributed by atoms with Gasteiger partial charge in [0.15, 0.2) is 0 Å². The number of hydrogen-bond acceptors (Lipinski definition) is 4. The Kier molecular flexibility index (Phi) is 4.89. The van der Waals surface area contributed by atoms with Gasteiger partial charge in [0.2, 0.25) is 0 Å². The molecule has 0 aromatic carbocycles. The minimum absolute atomic E-state index is 0.169. The molecular weight excluding hydrogens is 108 g/mol. The summed E-state index contributed by atoms with van der Waals surface area (Å²) in [7, 11) is 0. The highest BCUT2D eigenvalue weighted by Gasteiger charge is 1.88. The molecule has 4 nitrogen and oxygen atoms in total. The molecule has 0 aliphatic carbocycles. The van der Waals surface area contributed by atoms with Crippen molar-refractivity contribution in [2.24, 2.45) is 0 Å². The summed E-state index contributed by atoms with van der Waals surface area (Å²) < 4.78 is 0. The average molecular weight is 120 g/mol. The third kappa shape index (κ3) is 5.84. The van der Waals surface area contributed by atoms with Crippen LogP contribution in [0.4, 0.5) is 0 Å². The summed E-state index contributed by atoms with van der Waals surface area (Å²) >= 11 is 0. The largest absolute Gasteiger partial charge is 0.316 e. The minimum Gasteiger partial charge on any atom is -0.316 e. The van der Waals surface area contributed by atoms with Gasteiger partial charge in [0.25, 0.3) is 0 Å². The first kappa shape index (κ1) is 7.84. The van der Waals surface area contributed by atoms with Gasteiger partial charge in [-0.15, -0.1) is 0 Å². The number of rotatable bonds is 4. The van der Waals surface area contributed by atoms with Crippen molar-refractivity contribution in [1.29, 1.82) is 0 Å². The summed E-state index contributed by atoms with van der Waals surface area (Å²) in [5.74, 6) is 0. The lowest BCUT2D eigenvalue weighted by Gasteiger charge is -2.04. The van der Waals surface area contributed by atoms with Gasteiger partial charge in [-0.25, -0.2) is 0 Å². The van der Waals surface area contributed by atoms with E-state index in [-0.39, 0.29) is 11.8 Å². The van der Waals surface area contributed by atoms with E-state index in [9.17, 15) is 0 Å². The molecule has 0 aliphatic heterocycles. The van der Waals surface area contributed by atoms with Crippen LogP contribution in [0, 0.1) is 0 Å². The van der Waals surface area contributed by atoms with Gasteiger partial charge in [0, 0.05) is 6.54 Å². The number of hydroxylamine groups is 2. The molecule has 0 heterocycles. The zero-order valence-corrected chi connectivity index (χ0v) is 4.96. The first-order valence-electron chi connectivity index (χ1n) is 2.63. The Balaban J connectivity index is 2.72. The molecule has 0 aliphatic rings. The molecule has 0 aromatic heterocycles. The van der Waals surface area contributed by atoms with Gasteiger partial charge < -0.3 is 5.32 Å². The molecule has 0 spiro atoms. The van der Waals surface area contributed by atoms with E-state index in [4.69, 9.17) is 10.4 Å². The maximum Gasteiger partial charge on any atom is 0.0637 e. The maximum atomic E-state index is 8.13. The van der Waals surface area contributed by atoms with Crippen molar-refractivity contribution in [2.75, 3.05) is 19.6 Å². The van der Waals surface area contributed by atoms with Crippen molar-refractivity contribution in [1.82, 2.24) is 10.5 Å². The Bertz CT molecular complexity index is 49.3. The van der Waals surface area contributed by atoms with Crippen LogP contribution >= 0.6 is 0 Å². The van der Waals surface area contributed by atoms with Crippen molar-refractivity contribution >= 4 is 0 Å². The Morgan fingerprint density at radius 3 is 2.50 bits per heavy atom. The summed E-state index contributed by atoms with van der Waals surface area (Å²) in [6, 6.07) is 0. The van der Waals surface area contributed by atoms with Crippen LogP contribution in [-0.2, 0) is 0 Å². The molecule has 0 amide bonds. The highest BCUT2D eigenvalue weighted by Crippen LogP contribution is 1.67. The Hall–Kier alpha value is -0.160. The summed E-state index contributed by atoms with van der Waals surface area (Å²) in [5, 5.41) is 19.3. The second-order valence-electron chi connectivity index (χ2n) is 1.45. The summed E-state index contributed by atoms with van der Waals surface area (Å²) in [6.45, 7) is 3.66. The van der Waals surface area contributed by atoms with E-state index in [0.29, 0.717) is 6.54 Å². The van der Waals surface area contributed by atoms with Gasteiger partial charge in [0.1, 0.15) is 0 Å². The predicted octanol–water partition coefficient (Wildman–Crippen LogP) is -0.324. The van der Waals surface area contributed by atoms with Crippen molar-refractivity contribution in [3.05, 3.63) is 0 Å². The monoisotopic (exact) mass is 120 g/mol. The van der Waals surface area contributed by atoms with E-state index < -0.39 is 0 Å². The fraction of sp³-hybridized carbons (Fsp3) is 1.00. The van der Waals surface area contributed by atoms with Crippen molar-refractivity contribution < 1.29 is 10.4 Å². The molecule has 0 saturated carbocycles. The summed E-state index contributed by atoms with van der Waals surface area (Å²) in [5.41, 5.74) is 0. The number of nitrogens with zero attached hydrogens (tertiary/aromatic N) is 1. The predicted molar refractivity (Wildman–Crippen MR) is 28.8 cm³/mol. The highest BCUT2D eigenvalue weighted by atomic mass is 16.8. The van der Waals surface area contributed by atoms with Crippen molar-refractivity contribution in [2.45, 2.75) is 6.92 Å². The normalized spacial score (nSPS) is 10.5. The third-order valence-corrected chi connectivity index (χ3v) is 0.739. The summed E-state index contributed by atoms with van der Waals surface area (Å²) in [4.78, 5) is 0. The molecule has 0 fully saturated rings. The van der Waals surface area contributed by atoms with Crippen LogP contribution in [0.25, 0.3) is 0 Å². The summed E-state index contributed by atoms with van der Waals surface area (Å²) in [6.07, 6.45) is 0. The molecule has 0 atom stereocenters. The van der Waals surface area contributed by atoms with Crippen LogP contribution in [0.15, 0.2) is 0 Å². The topological polar surface area (TPSA) is 55.7 Å². The molecule has 0 radical (unpaired) electrons. The molecule has 0 unspecified atom stereocenters. The average Bonchev–Trinajstić information content (AvgIpc) is 1.66. The Labute approximate surface area is 48.6 Å². The van der Waals surface area contributed by atoms with E-state index in [1.54, 1.807) is 0 Å². The van der Waals surface area contributed by atoms with E-state index in [0.717, 1.165) is 6.54 Å². The second-order valence-corrected chi connectivity index (χ2v) is 1.45. The van der Waals surface area contributed by atoms with Crippen LogP contribution < -0.4 is 5.32 Å². The van der Waals surface area contributed by atoms with Gasteiger partial charge in [-0.3, -0.25) is 10.4 Å². The standard InChI is InChI=1S/C4H12N2O2/c1-2-5-3-4-6(7)8/h5,7-8H,2-4H2,1H3. The van der Waals surface area contributed by atoms with Crippen molar-refractivity contribution in [3.63, 3.8) is 0 Å². The molecule has 0 bridgehead atoms. The fourth-order valence-electron chi connectivity index (χ4n) is 0.356. The van der Waals surface area contributed by atoms with Gasteiger partial charge in [-0.05, 0) is 6.54 Å². The first-order valence-corrected chi connectivity index (χ1v) is 2.63. The lowest BCUT2D eigenvalue weighted by molar-refractivity contribution is -0.305.